The summed E-state index contributed by atoms with van der Waals surface area (Å²) in [4.78, 5) is 0. The van der Waals surface area contributed by atoms with E-state index in [2.05, 4.69) is 5.10 Å². The Morgan fingerprint density at radius 2 is 2.21 bits per heavy atom. The number of aromatic nitrogens is 2. The standard InChI is InChI=1S/C10H12FN3/c1-6-8-4-3-7(5-12)9(11)10(8)13-14(6)2/h3-4H,5,12H2,1-2H3. The fraction of sp³-hybridized carbons (Fsp3) is 0.300. The van der Waals surface area contributed by atoms with E-state index in [-0.39, 0.29) is 12.4 Å². The first-order valence-electron chi connectivity index (χ1n) is 4.46. The molecule has 0 atom stereocenters. The number of hydrogen-bond acceptors (Lipinski definition) is 2. The second-order valence-electron chi connectivity index (χ2n) is 3.35. The summed E-state index contributed by atoms with van der Waals surface area (Å²) in [6, 6.07) is 3.58. The summed E-state index contributed by atoms with van der Waals surface area (Å²) < 4.78 is 15.4. The zero-order valence-corrected chi connectivity index (χ0v) is 8.21. The summed E-state index contributed by atoms with van der Waals surface area (Å²) in [5.41, 5.74) is 7.29. The van der Waals surface area contributed by atoms with Gasteiger partial charge in [0, 0.05) is 30.2 Å². The topological polar surface area (TPSA) is 43.8 Å². The van der Waals surface area contributed by atoms with E-state index in [1.165, 1.54) is 0 Å². The normalized spacial score (nSPS) is 11.1. The van der Waals surface area contributed by atoms with Crippen LogP contribution in [0.3, 0.4) is 0 Å². The minimum absolute atomic E-state index is 0.206. The van der Waals surface area contributed by atoms with Gasteiger partial charge in [-0.2, -0.15) is 5.10 Å². The van der Waals surface area contributed by atoms with Crippen molar-refractivity contribution in [3.05, 3.63) is 29.2 Å². The summed E-state index contributed by atoms with van der Waals surface area (Å²) >= 11 is 0. The molecule has 0 radical (unpaired) electrons. The number of halogens is 1. The smallest absolute Gasteiger partial charge is 0.155 e. The highest BCUT2D eigenvalue weighted by Gasteiger charge is 2.11. The van der Waals surface area contributed by atoms with Gasteiger partial charge in [-0.05, 0) is 6.92 Å². The van der Waals surface area contributed by atoms with Gasteiger partial charge in [-0.1, -0.05) is 12.1 Å². The molecule has 1 aromatic heterocycles. The second kappa shape index (κ2) is 3.06. The third kappa shape index (κ3) is 1.11. The molecule has 0 spiro atoms. The first-order valence-corrected chi connectivity index (χ1v) is 4.46. The van der Waals surface area contributed by atoms with E-state index in [9.17, 15) is 4.39 Å². The van der Waals surface area contributed by atoms with E-state index < -0.39 is 0 Å². The van der Waals surface area contributed by atoms with E-state index >= 15 is 0 Å². The number of fused-ring (bicyclic) bond motifs is 1. The van der Waals surface area contributed by atoms with Crippen LogP contribution >= 0.6 is 0 Å². The van der Waals surface area contributed by atoms with Gasteiger partial charge >= 0.3 is 0 Å². The molecule has 1 heterocycles. The van der Waals surface area contributed by atoms with Crippen molar-refractivity contribution in [3.8, 4) is 0 Å². The lowest BCUT2D eigenvalue weighted by atomic mass is 10.1. The van der Waals surface area contributed by atoms with Crippen molar-refractivity contribution in [1.82, 2.24) is 9.78 Å². The maximum Gasteiger partial charge on any atom is 0.155 e. The Hall–Kier alpha value is -1.42. The molecule has 0 aliphatic carbocycles. The third-order valence-corrected chi connectivity index (χ3v) is 2.54. The SMILES string of the molecule is Cc1c2ccc(CN)c(F)c2nn1C. The molecule has 0 aliphatic rings. The van der Waals surface area contributed by atoms with Crippen LogP contribution in [0.15, 0.2) is 12.1 Å². The lowest BCUT2D eigenvalue weighted by molar-refractivity contribution is 0.615. The highest BCUT2D eigenvalue weighted by atomic mass is 19.1. The van der Waals surface area contributed by atoms with E-state index in [1.54, 1.807) is 17.8 Å². The number of aryl methyl sites for hydroxylation is 2. The van der Waals surface area contributed by atoms with Crippen LogP contribution in [0.25, 0.3) is 10.9 Å². The summed E-state index contributed by atoms with van der Waals surface area (Å²) in [6.07, 6.45) is 0. The monoisotopic (exact) mass is 193 g/mol. The maximum absolute atomic E-state index is 13.7. The molecule has 0 aliphatic heterocycles. The van der Waals surface area contributed by atoms with Crippen molar-refractivity contribution in [1.29, 1.82) is 0 Å². The third-order valence-electron chi connectivity index (χ3n) is 2.54. The number of nitrogens with zero attached hydrogens (tertiary/aromatic N) is 2. The molecule has 0 bridgehead atoms. The number of nitrogens with two attached hydrogens (primary N) is 1. The first-order chi connectivity index (χ1) is 6.65. The van der Waals surface area contributed by atoms with Gasteiger partial charge in [0.1, 0.15) is 5.52 Å². The predicted molar refractivity (Wildman–Crippen MR) is 53.3 cm³/mol. The summed E-state index contributed by atoms with van der Waals surface area (Å²) in [5.74, 6) is -0.297. The van der Waals surface area contributed by atoms with Crippen molar-refractivity contribution in [3.63, 3.8) is 0 Å². The van der Waals surface area contributed by atoms with Crippen LogP contribution in [0.1, 0.15) is 11.3 Å². The largest absolute Gasteiger partial charge is 0.326 e. The quantitative estimate of drug-likeness (QED) is 0.745. The van der Waals surface area contributed by atoms with Crippen LogP contribution in [0.5, 0.6) is 0 Å². The predicted octanol–water partition coefficient (Wildman–Crippen LogP) is 1.48. The summed E-state index contributed by atoms with van der Waals surface area (Å²) in [7, 11) is 1.80. The van der Waals surface area contributed by atoms with Crippen LogP contribution < -0.4 is 5.73 Å². The highest BCUT2D eigenvalue weighted by molar-refractivity contribution is 5.82. The van der Waals surface area contributed by atoms with Crippen LogP contribution in [0.4, 0.5) is 4.39 Å². The Labute approximate surface area is 81.3 Å². The van der Waals surface area contributed by atoms with Gasteiger partial charge in [-0.15, -0.1) is 0 Å². The Kier molecular flexibility index (Phi) is 2.00. The van der Waals surface area contributed by atoms with Gasteiger partial charge < -0.3 is 5.73 Å². The van der Waals surface area contributed by atoms with Crippen LogP contribution in [0, 0.1) is 12.7 Å². The minimum atomic E-state index is -0.297. The van der Waals surface area contributed by atoms with Gasteiger partial charge in [0.05, 0.1) is 0 Å². The fourth-order valence-corrected chi connectivity index (χ4v) is 1.55. The Morgan fingerprint density at radius 3 is 2.86 bits per heavy atom. The summed E-state index contributed by atoms with van der Waals surface area (Å²) in [5, 5.41) is 4.96. The van der Waals surface area contributed by atoms with E-state index in [1.807, 2.05) is 13.0 Å². The molecular formula is C10H12FN3. The highest BCUT2D eigenvalue weighted by Crippen LogP contribution is 2.22. The van der Waals surface area contributed by atoms with Crippen LogP contribution in [0.2, 0.25) is 0 Å². The zero-order chi connectivity index (χ0) is 10.3. The molecule has 2 aromatic rings. The molecule has 14 heavy (non-hydrogen) atoms. The van der Waals surface area contributed by atoms with Crippen molar-refractivity contribution in [2.75, 3.05) is 0 Å². The molecule has 74 valence electrons. The molecule has 1 aromatic carbocycles. The van der Waals surface area contributed by atoms with Crippen molar-refractivity contribution in [2.24, 2.45) is 12.8 Å². The maximum atomic E-state index is 13.7. The number of hydrogen-bond donors (Lipinski definition) is 1. The average Bonchev–Trinajstić information content (AvgIpc) is 2.46. The van der Waals surface area contributed by atoms with Gasteiger partial charge in [0.2, 0.25) is 0 Å². The van der Waals surface area contributed by atoms with Crippen molar-refractivity contribution < 1.29 is 4.39 Å². The molecule has 0 saturated heterocycles. The minimum Gasteiger partial charge on any atom is -0.326 e. The van der Waals surface area contributed by atoms with Gasteiger partial charge in [0.15, 0.2) is 5.82 Å². The van der Waals surface area contributed by atoms with E-state index in [0.717, 1.165) is 11.1 Å². The van der Waals surface area contributed by atoms with E-state index in [0.29, 0.717) is 11.1 Å². The molecule has 0 fully saturated rings. The summed E-state index contributed by atoms with van der Waals surface area (Å²) in [6.45, 7) is 2.12. The molecule has 2 N–H and O–H groups in total. The van der Waals surface area contributed by atoms with Crippen LogP contribution in [-0.4, -0.2) is 9.78 Å². The molecule has 0 amide bonds. The first kappa shape index (κ1) is 9.15. The van der Waals surface area contributed by atoms with E-state index in [4.69, 9.17) is 5.73 Å². The second-order valence-corrected chi connectivity index (χ2v) is 3.35. The lowest BCUT2D eigenvalue weighted by Gasteiger charge is -1.98. The Balaban J connectivity index is 2.83. The zero-order valence-electron chi connectivity index (χ0n) is 8.21. The van der Waals surface area contributed by atoms with Gasteiger partial charge in [0.25, 0.3) is 0 Å². The molecule has 4 heteroatoms. The van der Waals surface area contributed by atoms with Gasteiger partial charge in [-0.25, -0.2) is 4.39 Å². The Bertz CT molecular complexity index is 488. The fourth-order valence-electron chi connectivity index (χ4n) is 1.55. The Morgan fingerprint density at radius 1 is 1.50 bits per heavy atom. The molecule has 2 rings (SSSR count). The average molecular weight is 193 g/mol. The molecular weight excluding hydrogens is 181 g/mol. The van der Waals surface area contributed by atoms with Crippen molar-refractivity contribution >= 4 is 10.9 Å². The lowest BCUT2D eigenvalue weighted by Crippen LogP contribution is -1.99. The number of rotatable bonds is 1. The number of benzene rings is 1. The molecule has 3 nitrogen and oxygen atoms in total. The van der Waals surface area contributed by atoms with Crippen LogP contribution in [-0.2, 0) is 13.6 Å². The molecule has 0 saturated carbocycles. The van der Waals surface area contributed by atoms with Crippen molar-refractivity contribution in [2.45, 2.75) is 13.5 Å². The van der Waals surface area contributed by atoms with Gasteiger partial charge in [-0.3, -0.25) is 4.68 Å². The molecule has 0 unspecified atom stereocenters.